The molecule has 0 bridgehead atoms. The molecule has 3 heteroatoms. The molecule has 1 unspecified atom stereocenters. The maximum atomic E-state index is 12.4. The molecule has 0 saturated carbocycles. The Hall–Kier alpha value is -2.39. The Balaban J connectivity index is 2.24. The van der Waals surface area contributed by atoms with Gasteiger partial charge in [0.15, 0.2) is 0 Å². The number of hydrogen-bond acceptors (Lipinski definition) is 3. The average Bonchev–Trinajstić information content (AvgIpc) is 2.61. The first-order valence-corrected chi connectivity index (χ1v) is 8.34. The van der Waals surface area contributed by atoms with Gasteiger partial charge in [-0.2, -0.15) is 0 Å². The third kappa shape index (κ3) is 5.36. The van der Waals surface area contributed by atoms with E-state index in [9.17, 15) is 4.79 Å². The van der Waals surface area contributed by atoms with Crippen molar-refractivity contribution in [3.63, 3.8) is 0 Å². The summed E-state index contributed by atoms with van der Waals surface area (Å²) >= 11 is 0. The predicted octanol–water partition coefficient (Wildman–Crippen LogP) is 4.20. The molecule has 0 amide bonds. The summed E-state index contributed by atoms with van der Waals surface area (Å²) in [4.78, 5) is 14.6. The fraction of sp³-hybridized carbons (Fsp3) is 0.286. The fourth-order valence-corrected chi connectivity index (χ4v) is 2.70. The third-order valence-electron chi connectivity index (χ3n) is 3.85. The van der Waals surface area contributed by atoms with Gasteiger partial charge in [0, 0.05) is 13.1 Å². The second kappa shape index (κ2) is 9.68. The zero-order valence-corrected chi connectivity index (χ0v) is 14.2. The van der Waals surface area contributed by atoms with E-state index >= 15 is 0 Å². The highest BCUT2D eigenvalue weighted by Gasteiger charge is 2.26. The lowest BCUT2D eigenvalue weighted by atomic mass is 10.1. The maximum absolute atomic E-state index is 12.4. The predicted molar refractivity (Wildman–Crippen MR) is 97.4 cm³/mol. The van der Waals surface area contributed by atoms with Gasteiger partial charge in [-0.15, -0.1) is 6.58 Å². The van der Waals surface area contributed by atoms with Crippen molar-refractivity contribution in [2.24, 2.45) is 0 Å². The number of hydrogen-bond donors (Lipinski definition) is 0. The summed E-state index contributed by atoms with van der Waals surface area (Å²) in [7, 11) is 0. The van der Waals surface area contributed by atoms with Crippen LogP contribution in [0.3, 0.4) is 0 Å². The summed E-state index contributed by atoms with van der Waals surface area (Å²) in [5.74, 6) is -0.190. The molecule has 0 heterocycles. The first kappa shape index (κ1) is 18.0. The summed E-state index contributed by atoms with van der Waals surface area (Å²) in [6.45, 7) is 7.40. The van der Waals surface area contributed by atoms with Gasteiger partial charge in [-0.1, -0.05) is 66.7 Å². The monoisotopic (exact) mass is 323 g/mol. The van der Waals surface area contributed by atoms with Gasteiger partial charge in [0.1, 0.15) is 6.04 Å². The van der Waals surface area contributed by atoms with Crippen molar-refractivity contribution in [1.29, 1.82) is 0 Å². The minimum Gasteiger partial charge on any atom is -0.465 e. The Kier molecular flexibility index (Phi) is 7.24. The lowest BCUT2D eigenvalue weighted by Crippen LogP contribution is -2.41. The van der Waals surface area contributed by atoms with Gasteiger partial charge in [-0.25, -0.2) is 0 Å². The van der Waals surface area contributed by atoms with E-state index in [2.05, 4.69) is 35.7 Å². The minimum atomic E-state index is -0.331. The number of carbonyl (C=O) groups excluding carboxylic acids is 1. The smallest absolute Gasteiger partial charge is 0.323 e. The molecule has 0 aliphatic rings. The normalized spacial score (nSPS) is 11.9. The van der Waals surface area contributed by atoms with Gasteiger partial charge >= 0.3 is 5.97 Å². The molecule has 126 valence electrons. The third-order valence-corrected chi connectivity index (χ3v) is 3.85. The van der Waals surface area contributed by atoms with Gasteiger partial charge in [0.05, 0.1) is 6.61 Å². The van der Waals surface area contributed by atoms with Gasteiger partial charge in [0.25, 0.3) is 0 Å². The molecule has 0 saturated heterocycles. The Morgan fingerprint density at radius 3 is 1.96 bits per heavy atom. The SMILES string of the molecule is C=CCC(C(=O)OCC)N(Cc1ccccc1)Cc1ccccc1. The zero-order chi connectivity index (χ0) is 17.2. The molecule has 0 fully saturated rings. The van der Waals surface area contributed by atoms with Crippen LogP contribution in [0.2, 0.25) is 0 Å². The van der Waals surface area contributed by atoms with E-state index in [4.69, 9.17) is 4.74 Å². The lowest BCUT2D eigenvalue weighted by molar-refractivity contribution is -0.150. The molecular formula is C21H25NO2. The minimum absolute atomic E-state index is 0.190. The van der Waals surface area contributed by atoms with Gasteiger partial charge in [-0.3, -0.25) is 9.69 Å². The molecule has 1 atom stereocenters. The van der Waals surface area contributed by atoms with Gasteiger partial charge in [-0.05, 0) is 24.5 Å². The molecule has 0 aliphatic heterocycles. The number of carbonyl (C=O) groups is 1. The van der Waals surface area contributed by atoms with Crippen LogP contribution in [-0.4, -0.2) is 23.5 Å². The second-order valence-corrected chi connectivity index (χ2v) is 5.67. The highest BCUT2D eigenvalue weighted by molar-refractivity contribution is 5.76. The first-order chi connectivity index (χ1) is 11.7. The van der Waals surface area contributed by atoms with E-state index in [1.807, 2.05) is 43.3 Å². The molecule has 0 radical (unpaired) electrons. The van der Waals surface area contributed by atoms with Crippen molar-refractivity contribution in [2.45, 2.75) is 32.5 Å². The van der Waals surface area contributed by atoms with Crippen LogP contribution >= 0.6 is 0 Å². The van der Waals surface area contributed by atoms with E-state index < -0.39 is 0 Å². The highest BCUT2D eigenvalue weighted by Crippen LogP contribution is 2.17. The molecular weight excluding hydrogens is 298 g/mol. The van der Waals surface area contributed by atoms with Crippen LogP contribution in [0.1, 0.15) is 24.5 Å². The van der Waals surface area contributed by atoms with Crippen LogP contribution in [0.4, 0.5) is 0 Å². The quantitative estimate of drug-likeness (QED) is 0.512. The van der Waals surface area contributed by atoms with E-state index in [0.29, 0.717) is 26.1 Å². The van der Waals surface area contributed by atoms with E-state index in [-0.39, 0.29) is 12.0 Å². The largest absolute Gasteiger partial charge is 0.465 e. The van der Waals surface area contributed by atoms with Gasteiger partial charge in [0.2, 0.25) is 0 Å². The van der Waals surface area contributed by atoms with Crippen molar-refractivity contribution in [3.8, 4) is 0 Å². The summed E-state index contributed by atoms with van der Waals surface area (Å²) in [6.07, 6.45) is 2.35. The molecule has 0 aliphatic carbocycles. The molecule has 3 nitrogen and oxygen atoms in total. The first-order valence-electron chi connectivity index (χ1n) is 8.34. The fourth-order valence-electron chi connectivity index (χ4n) is 2.70. The zero-order valence-electron chi connectivity index (χ0n) is 14.2. The topological polar surface area (TPSA) is 29.5 Å². The van der Waals surface area contributed by atoms with Crippen LogP contribution in [-0.2, 0) is 22.6 Å². The maximum Gasteiger partial charge on any atom is 0.323 e. The van der Waals surface area contributed by atoms with Crippen molar-refractivity contribution in [1.82, 2.24) is 4.90 Å². The van der Waals surface area contributed by atoms with Crippen LogP contribution in [0.5, 0.6) is 0 Å². The van der Waals surface area contributed by atoms with Crippen LogP contribution in [0.25, 0.3) is 0 Å². The molecule has 0 spiro atoms. The summed E-state index contributed by atoms with van der Waals surface area (Å²) in [5.41, 5.74) is 2.35. The number of esters is 1. The standard InChI is InChI=1S/C21H25NO2/c1-3-11-20(21(23)24-4-2)22(16-18-12-7-5-8-13-18)17-19-14-9-6-10-15-19/h3,5-10,12-15,20H,1,4,11,16-17H2,2H3. The summed E-state index contributed by atoms with van der Waals surface area (Å²) < 4.78 is 5.28. The van der Waals surface area contributed by atoms with E-state index in [0.717, 1.165) is 0 Å². The number of rotatable bonds is 9. The van der Waals surface area contributed by atoms with E-state index in [1.54, 1.807) is 6.08 Å². The molecule has 2 rings (SSSR count). The Labute approximate surface area is 144 Å². The second-order valence-electron chi connectivity index (χ2n) is 5.67. The number of benzene rings is 2. The molecule has 0 aromatic heterocycles. The van der Waals surface area contributed by atoms with Crippen LogP contribution in [0, 0.1) is 0 Å². The molecule has 24 heavy (non-hydrogen) atoms. The van der Waals surface area contributed by atoms with Crippen molar-refractivity contribution < 1.29 is 9.53 Å². The van der Waals surface area contributed by atoms with Gasteiger partial charge < -0.3 is 4.74 Å². The van der Waals surface area contributed by atoms with Crippen LogP contribution < -0.4 is 0 Å². The Bertz CT molecular complexity index is 583. The molecule has 0 N–H and O–H groups in total. The Morgan fingerprint density at radius 1 is 1.04 bits per heavy atom. The molecule has 2 aromatic carbocycles. The van der Waals surface area contributed by atoms with Crippen molar-refractivity contribution >= 4 is 5.97 Å². The Morgan fingerprint density at radius 2 is 1.54 bits per heavy atom. The summed E-state index contributed by atoms with van der Waals surface area (Å²) in [6, 6.07) is 20.0. The van der Waals surface area contributed by atoms with Crippen molar-refractivity contribution in [2.75, 3.05) is 6.61 Å². The van der Waals surface area contributed by atoms with Crippen LogP contribution in [0.15, 0.2) is 73.3 Å². The van der Waals surface area contributed by atoms with E-state index in [1.165, 1.54) is 11.1 Å². The number of ether oxygens (including phenoxy) is 1. The summed E-state index contributed by atoms with van der Waals surface area (Å²) in [5, 5.41) is 0. The van der Waals surface area contributed by atoms with Crippen molar-refractivity contribution in [3.05, 3.63) is 84.4 Å². The highest BCUT2D eigenvalue weighted by atomic mass is 16.5. The average molecular weight is 323 g/mol. The lowest BCUT2D eigenvalue weighted by Gasteiger charge is -2.29. The number of nitrogens with zero attached hydrogens (tertiary/aromatic N) is 1. The molecule has 2 aromatic rings.